The predicted octanol–water partition coefficient (Wildman–Crippen LogP) is 3.94. The van der Waals surface area contributed by atoms with Crippen molar-refractivity contribution >= 4 is 53.2 Å². The highest BCUT2D eigenvalue weighted by Crippen LogP contribution is 2.39. The molecule has 3 atom stereocenters. The van der Waals surface area contributed by atoms with Crippen LogP contribution in [0.15, 0.2) is 6.07 Å². The second-order valence-electron chi connectivity index (χ2n) is 10.8. The molecule has 33 heavy (non-hydrogen) atoms. The van der Waals surface area contributed by atoms with Crippen LogP contribution in [0.1, 0.15) is 19.8 Å². The number of hydrogen-bond donors (Lipinski definition) is 0. The minimum atomic E-state index is -1.13. The van der Waals surface area contributed by atoms with Gasteiger partial charge in [0.25, 0.3) is 0 Å². The third-order valence-corrected chi connectivity index (χ3v) is 9.48. The summed E-state index contributed by atoms with van der Waals surface area (Å²) < 4.78 is 20.6. The standard InChI is InChI=1S/C23H36IN5O3Si/c1-16-12-30-8-7-27(16)19-11-20(29-17-5-6-18(29)14-32-13-17)25-23-21(19)22(24)26-28(23)15-31-9-10-33(2,3)4/h11,16-18H,5-10,12-15H2,1-4H3/t16-,17?,18?/m1/s1. The van der Waals surface area contributed by atoms with Crippen molar-refractivity contribution in [2.24, 2.45) is 0 Å². The minimum absolute atomic E-state index is 0.311. The van der Waals surface area contributed by atoms with Gasteiger partial charge in [-0.15, -0.1) is 0 Å². The maximum absolute atomic E-state index is 6.09. The van der Waals surface area contributed by atoms with E-state index in [9.17, 15) is 0 Å². The maximum Gasteiger partial charge on any atom is 0.165 e. The Bertz CT molecular complexity index is 981. The van der Waals surface area contributed by atoms with Gasteiger partial charge in [0.1, 0.15) is 16.2 Å². The van der Waals surface area contributed by atoms with Crippen molar-refractivity contribution in [2.45, 2.75) is 70.3 Å². The van der Waals surface area contributed by atoms with Gasteiger partial charge < -0.3 is 24.0 Å². The van der Waals surface area contributed by atoms with Crippen molar-refractivity contribution < 1.29 is 14.2 Å². The van der Waals surface area contributed by atoms with Crippen LogP contribution in [0.4, 0.5) is 11.5 Å². The molecule has 0 aromatic carbocycles. The smallest absolute Gasteiger partial charge is 0.165 e. The molecular formula is C23H36IN5O3Si. The van der Waals surface area contributed by atoms with Crippen molar-refractivity contribution in [3.05, 3.63) is 9.77 Å². The molecule has 2 aromatic rings. The first-order chi connectivity index (χ1) is 15.8. The third kappa shape index (κ3) is 4.91. The molecule has 3 aliphatic heterocycles. The quantitative estimate of drug-likeness (QED) is 0.277. The molecule has 2 bridgehead atoms. The van der Waals surface area contributed by atoms with E-state index in [2.05, 4.69) is 65.0 Å². The second kappa shape index (κ2) is 9.60. The van der Waals surface area contributed by atoms with E-state index in [-0.39, 0.29) is 0 Å². The van der Waals surface area contributed by atoms with Crippen molar-refractivity contribution in [3.8, 4) is 0 Å². The number of hydrogen-bond acceptors (Lipinski definition) is 7. The Balaban J connectivity index is 1.53. The average Bonchev–Trinajstić information content (AvgIpc) is 3.22. The van der Waals surface area contributed by atoms with E-state index in [1.54, 1.807) is 0 Å². The number of rotatable bonds is 7. The van der Waals surface area contributed by atoms with Gasteiger partial charge in [0.05, 0.1) is 49.6 Å². The summed E-state index contributed by atoms with van der Waals surface area (Å²) in [6, 6.07) is 4.57. The summed E-state index contributed by atoms with van der Waals surface area (Å²) in [5.74, 6) is 1.05. The lowest BCUT2D eigenvalue weighted by molar-refractivity contribution is 0.0809. The molecule has 182 valence electrons. The van der Waals surface area contributed by atoms with Gasteiger partial charge in [0.2, 0.25) is 0 Å². The molecule has 2 unspecified atom stereocenters. The van der Waals surface area contributed by atoms with E-state index in [0.717, 1.165) is 66.2 Å². The van der Waals surface area contributed by atoms with Crippen LogP contribution >= 0.6 is 22.6 Å². The highest BCUT2D eigenvalue weighted by molar-refractivity contribution is 14.1. The van der Waals surface area contributed by atoms with Gasteiger partial charge in [0.15, 0.2) is 5.65 Å². The monoisotopic (exact) mass is 585 g/mol. The number of nitrogens with zero attached hydrogens (tertiary/aromatic N) is 5. The molecule has 5 rings (SSSR count). The first kappa shape index (κ1) is 23.8. The molecule has 0 saturated carbocycles. The van der Waals surface area contributed by atoms with Crippen LogP contribution < -0.4 is 9.80 Å². The van der Waals surface area contributed by atoms with E-state index in [0.29, 0.717) is 24.9 Å². The summed E-state index contributed by atoms with van der Waals surface area (Å²) in [4.78, 5) is 10.2. The van der Waals surface area contributed by atoms with Crippen LogP contribution in [0.5, 0.6) is 0 Å². The van der Waals surface area contributed by atoms with Gasteiger partial charge in [-0.2, -0.15) is 5.10 Å². The fourth-order valence-electron chi connectivity index (χ4n) is 5.16. The largest absolute Gasteiger partial charge is 0.377 e. The Morgan fingerprint density at radius 1 is 1.15 bits per heavy atom. The Morgan fingerprint density at radius 3 is 2.61 bits per heavy atom. The molecule has 0 spiro atoms. The highest BCUT2D eigenvalue weighted by Gasteiger charge is 2.39. The Labute approximate surface area is 211 Å². The number of halogens is 1. The summed E-state index contributed by atoms with van der Waals surface area (Å²) in [6.07, 6.45) is 2.34. The maximum atomic E-state index is 6.09. The number of pyridine rings is 1. The fourth-order valence-corrected chi connectivity index (χ4v) is 6.69. The van der Waals surface area contributed by atoms with Crippen molar-refractivity contribution in [1.29, 1.82) is 0 Å². The first-order valence-electron chi connectivity index (χ1n) is 12.2. The molecule has 3 aliphatic rings. The van der Waals surface area contributed by atoms with Crippen LogP contribution in [-0.2, 0) is 20.9 Å². The molecule has 3 saturated heterocycles. The van der Waals surface area contributed by atoms with E-state index < -0.39 is 8.07 Å². The van der Waals surface area contributed by atoms with Crippen molar-refractivity contribution in [1.82, 2.24) is 14.8 Å². The molecule has 10 heteroatoms. The van der Waals surface area contributed by atoms with Gasteiger partial charge in [-0.05, 0) is 48.4 Å². The normalized spacial score (nSPS) is 25.9. The highest BCUT2D eigenvalue weighted by atomic mass is 127. The Hall–Kier alpha value is -0.953. The summed E-state index contributed by atoms with van der Waals surface area (Å²) in [5, 5.41) is 6.00. The fraction of sp³-hybridized carbons (Fsp3) is 0.739. The van der Waals surface area contributed by atoms with E-state index in [1.165, 1.54) is 18.5 Å². The van der Waals surface area contributed by atoms with Crippen molar-refractivity contribution in [3.63, 3.8) is 0 Å². The molecule has 0 aliphatic carbocycles. The Kier molecular flexibility index (Phi) is 6.91. The lowest BCUT2D eigenvalue weighted by Gasteiger charge is -2.38. The molecule has 2 aromatic heterocycles. The van der Waals surface area contributed by atoms with Gasteiger partial charge in [-0.25, -0.2) is 9.67 Å². The molecular weight excluding hydrogens is 549 g/mol. The molecule has 8 nitrogen and oxygen atoms in total. The number of anilines is 2. The lowest BCUT2D eigenvalue weighted by atomic mass is 10.1. The van der Waals surface area contributed by atoms with E-state index >= 15 is 0 Å². The van der Waals surface area contributed by atoms with Crippen LogP contribution in [0.25, 0.3) is 11.0 Å². The zero-order chi connectivity index (χ0) is 23.2. The number of aromatic nitrogens is 3. The molecule has 5 heterocycles. The summed E-state index contributed by atoms with van der Waals surface area (Å²) in [6.45, 7) is 14.5. The average molecular weight is 586 g/mol. The van der Waals surface area contributed by atoms with Crippen LogP contribution in [0, 0.1) is 3.70 Å². The number of ether oxygens (including phenoxy) is 3. The van der Waals surface area contributed by atoms with E-state index in [1.807, 2.05) is 4.68 Å². The molecule has 0 N–H and O–H groups in total. The number of morpholine rings is 2. The van der Waals surface area contributed by atoms with Gasteiger partial charge in [-0.3, -0.25) is 0 Å². The number of fused-ring (bicyclic) bond motifs is 3. The Morgan fingerprint density at radius 2 is 1.91 bits per heavy atom. The predicted molar refractivity (Wildman–Crippen MR) is 142 cm³/mol. The third-order valence-electron chi connectivity index (χ3n) is 7.02. The van der Waals surface area contributed by atoms with Crippen LogP contribution in [-0.4, -0.2) is 80.5 Å². The first-order valence-corrected chi connectivity index (χ1v) is 17.0. The van der Waals surface area contributed by atoms with Crippen LogP contribution in [0.3, 0.4) is 0 Å². The van der Waals surface area contributed by atoms with Crippen molar-refractivity contribution in [2.75, 3.05) is 49.4 Å². The zero-order valence-corrected chi connectivity index (χ0v) is 23.4. The minimum Gasteiger partial charge on any atom is -0.377 e. The SMILES string of the molecule is C[C@@H]1COCCN1c1cc(N2C3CCC2COC3)nc2c1c(I)nn2COCC[Si](C)(C)C. The van der Waals surface area contributed by atoms with Gasteiger partial charge >= 0.3 is 0 Å². The summed E-state index contributed by atoms with van der Waals surface area (Å²) in [5.41, 5.74) is 2.14. The van der Waals surface area contributed by atoms with Crippen LogP contribution in [0.2, 0.25) is 25.7 Å². The summed E-state index contributed by atoms with van der Waals surface area (Å²) in [7, 11) is -1.13. The second-order valence-corrected chi connectivity index (χ2v) is 17.4. The topological polar surface area (TPSA) is 64.9 Å². The molecule has 0 amide bonds. The molecule has 3 fully saturated rings. The summed E-state index contributed by atoms with van der Waals surface area (Å²) >= 11 is 2.36. The zero-order valence-electron chi connectivity index (χ0n) is 20.2. The lowest BCUT2D eigenvalue weighted by Crippen LogP contribution is -2.47. The molecule has 0 radical (unpaired) electrons. The van der Waals surface area contributed by atoms with E-state index in [4.69, 9.17) is 24.3 Å². The van der Waals surface area contributed by atoms with Gasteiger partial charge in [0, 0.05) is 33.3 Å². The van der Waals surface area contributed by atoms with Gasteiger partial charge in [-0.1, -0.05) is 19.6 Å².